The number of pyridine rings is 1. The highest BCUT2D eigenvalue weighted by molar-refractivity contribution is 5.98. The van der Waals surface area contributed by atoms with Gasteiger partial charge in [-0.2, -0.15) is 5.26 Å². The number of hydrogen-bond acceptors (Lipinski definition) is 7. The lowest BCUT2D eigenvalue weighted by Crippen LogP contribution is -2.37. The molecule has 4 rings (SSSR count). The molecule has 0 saturated carbocycles. The second-order valence-electron chi connectivity index (χ2n) is 10.1. The van der Waals surface area contributed by atoms with Gasteiger partial charge in [-0.3, -0.25) is 4.90 Å². The molecule has 0 saturated heterocycles. The number of carbonyl (C=O) groups excluding carboxylic acids is 1. The second-order valence-corrected chi connectivity index (χ2v) is 10.1. The van der Waals surface area contributed by atoms with Crippen LogP contribution in [0.2, 0.25) is 0 Å². The summed E-state index contributed by atoms with van der Waals surface area (Å²) in [6, 6.07) is 13.9. The molecule has 0 bridgehead atoms. The van der Waals surface area contributed by atoms with Crippen LogP contribution < -0.4 is 15.0 Å². The molecule has 202 valence electrons. The molecule has 39 heavy (non-hydrogen) atoms. The molecular formula is C29H31FN6O3. The van der Waals surface area contributed by atoms with Gasteiger partial charge in [-0.25, -0.2) is 19.2 Å². The third-order valence-corrected chi connectivity index (χ3v) is 6.00. The standard InChI is InChI=1S/C29H31FN6O3/c1-7-20-12-19(15-31)13-22(30)25(20)33-24-14-23-26(32-17-35(23)5)27(34-24)36(28(37)39-29(2,3)4)16-18-8-10-21(38-6)11-9-18/h8-14,17H,7,16H2,1-6H3,(H,33,34). The number of imidazole rings is 1. The van der Waals surface area contributed by atoms with E-state index in [1.807, 2.05) is 44.3 Å². The number of carbonyl (C=O) groups is 1. The lowest BCUT2D eigenvalue weighted by molar-refractivity contribution is 0.0576. The highest BCUT2D eigenvalue weighted by Crippen LogP contribution is 2.32. The van der Waals surface area contributed by atoms with E-state index >= 15 is 4.39 Å². The monoisotopic (exact) mass is 530 g/mol. The summed E-state index contributed by atoms with van der Waals surface area (Å²) in [5, 5.41) is 12.3. The summed E-state index contributed by atoms with van der Waals surface area (Å²) in [4.78, 5) is 24.2. The number of nitrogens with zero attached hydrogens (tertiary/aromatic N) is 5. The van der Waals surface area contributed by atoms with Crippen LogP contribution in [-0.4, -0.2) is 33.3 Å². The Kier molecular flexibility index (Phi) is 7.72. The Balaban J connectivity index is 1.84. The summed E-state index contributed by atoms with van der Waals surface area (Å²) < 4.78 is 27.9. The van der Waals surface area contributed by atoms with Crippen molar-refractivity contribution in [2.75, 3.05) is 17.3 Å². The number of methoxy groups -OCH3 is 1. The average molecular weight is 531 g/mol. The first kappa shape index (κ1) is 27.4. The number of benzene rings is 2. The number of aryl methyl sites for hydroxylation is 2. The normalized spacial score (nSPS) is 11.2. The maximum absolute atomic E-state index is 15.1. The zero-order valence-electron chi connectivity index (χ0n) is 22.9. The average Bonchev–Trinajstić information content (AvgIpc) is 3.27. The number of nitriles is 1. The quantitative estimate of drug-likeness (QED) is 0.302. The fourth-order valence-corrected chi connectivity index (χ4v) is 4.09. The summed E-state index contributed by atoms with van der Waals surface area (Å²) in [5.74, 6) is 0.687. The zero-order chi connectivity index (χ0) is 28.3. The van der Waals surface area contributed by atoms with E-state index in [4.69, 9.17) is 14.5 Å². The first-order valence-corrected chi connectivity index (χ1v) is 12.5. The molecule has 10 heteroatoms. The van der Waals surface area contributed by atoms with Crippen LogP contribution in [0.4, 0.5) is 26.5 Å². The van der Waals surface area contributed by atoms with Gasteiger partial charge in [-0.1, -0.05) is 19.1 Å². The minimum absolute atomic E-state index is 0.145. The van der Waals surface area contributed by atoms with Crippen LogP contribution >= 0.6 is 0 Å². The highest BCUT2D eigenvalue weighted by atomic mass is 19.1. The van der Waals surface area contributed by atoms with Crippen molar-refractivity contribution in [1.82, 2.24) is 14.5 Å². The molecule has 0 atom stereocenters. The van der Waals surface area contributed by atoms with E-state index in [1.54, 1.807) is 50.9 Å². The summed E-state index contributed by atoms with van der Waals surface area (Å²) in [7, 11) is 3.41. The molecule has 0 fully saturated rings. The second kappa shape index (κ2) is 11.0. The smallest absolute Gasteiger partial charge is 0.416 e. The predicted molar refractivity (Wildman–Crippen MR) is 148 cm³/mol. The van der Waals surface area contributed by atoms with Crippen molar-refractivity contribution < 1.29 is 18.7 Å². The Morgan fingerprint density at radius 1 is 1.21 bits per heavy atom. The van der Waals surface area contributed by atoms with E-state index < -0.39 is 17.5 Å². The Hall–Kier alpha value is -4.65. The summed E-state index contributed by atoms with van der Waals surface area (Å²) in [5.41, 5.74) is 2.31. The molecule has 0 unspecified atom stereocenters. The van der Waals surface area contributed by atoms with E-state index in [2.05, 4.69) is 10.3 Å². The molecule has 0 radical (unpaired) electrons. The molecule has 2 aromatic carbocycles. The van der Waals surface area contributed by atoms with Gasteiger partial charge in [-0.15, -0.1) is 0 Å². The molecule has 1 amide bonds. The van der Waals surface area contributed by atoms with Crippen LogP contribution in [0.25, 0.3) is 11.0 Å². The third-order valence-electron chi connectivity index (χ3n) is 6.00. The highest BCUT2D eigenvalue weighted by Gasteiger charge is 2.28. The van der Waals surface area contributed by atoms with E-state index in [-0.39, 0.29) is 23.6 Å². The third kappa shape index (κ3) is 6.09. The van der Waals surface area contributed by atoms with Crippen molar-refractivity contribution in [1.29, 1.82) is 5.26 Å². The van der Waals surface area contributed by atoms with Crippen molar-refractivity contribution >= 4 is 34.4 Å². The first-order valence-electron chi connectivity index (χ1n) is 12.5. The Labute approximate surface area is 226 Å². The SMILES string of the molecule is CCc1cc(C#N)cc(F)c1Nc1cc2c(ncn2C)c(N(Cc2ccc(OC)cc2)C(=O)OC(C)(C)C)n1. The number of fused-ring (bicyclic) bond motifs is 1. The van der Waals surface area contributed by atoms with E-state index in [1.165, 1.54) is 11.0 Å². The van der Waals surface area contributed by atoms with Crippen LogP contribution in [0.15, 0.2) is 48.8 Å². The lowest BCUT2D eigenvalue weighted by atomic mass is 10.1. The summed E-state index contributed by atoms with van der Waals surface area (Å²) in [6.45, 7) is 7.39. The Bertz CT molecular complexity index is 1550. The van der Waals surface area contributed by atoms with Crippen molar-refractivity contribution in [2.24, 2.45) is 7.05 Å². The van der Waals surface area contributed by atoms with E-state index in [0.717, 1.165) is 5.56 Å². The van der Waals surface area contributed by atoms with Crippen LogP contribution in [0.5, 0.6) is 5.75 Å². The number of amides is 1. The number of hydrogen-bond donors (Lipinski definition) is 1. The number of halogens is 1. The number of ether oxygens (including phenoxy) is 2. The number of aromatic nitrogens is 3. The summed E-state index contributed by atoms with van der Waals surface area (Å²) >= 11 is 0. The number of rotatable bonds is 7. The van der Waals surface area contributed by atoms with E-state index in [0.29, 0.717) is 34.6 Å². The van der Waals surface area contributed by atoms with Gasteiger partial charge in [0, 0.05) is 13.1 Å². The maximum atomic E-state index is 15.1. The van der Waals surface area contributed by atoms with E-state index in [9.17, 15) is 10.1 Å². The van der Waals surface area contributed by atoms with Gasteiger partial charge in [0.15, 0.2) is 5.82 Å². The minimum Gasteiger partial charge on any atom is -0.497 e. The molecule has 0 spiro atoms. The van der Waals surface area contributed by atoms with Gasteiger partial charge in [0.25, 0.3) is 0 Å². The largest absolute Gasteiger partial charge is 0.497 e. The van der Waals surface area contributed by atoms with Gasteiger partial charge in [-0.05, 0) is 62.6 Å². The van der Waals surface area contributed by atoms with Crippen molar-refractivity contribution in [3.63, 3.8) is 0 Å². The molecule has 0 aliphatic rings. The van der Waals surface area contributed by atoms with Crippen LogP contribution in [0.1, 0.15) is 44.4 Å². The Morgan fingerprint density at radius 3 is 2.54 bits per heavy atom. The lowest BCUT2D eigenvalue weighted by Gasteiger charge is -2.27. The fraction of sp³-hybridized carbons (Fsp3) is 0.310. The van der Waals surface area contributed by atoms with Gasteiger partial charge in [0.05, 0.1) is 42.8 Å². The number of anilines is 3. The predicted octanol–water partition coefficient (Wildman–Crippen LogP) is 6.24. The molecule has 4 aromatic rings. The van der Waals surface area contributed by atoms with Gasteiger partial charge < -0.3 is 19.4 Å². The summed E-state index contributed by atoms with van der Waals surface area (Å²) in [6.07, 6.45) is 1.52. The van der Waals surface area contributed by atoms with Gasteiger partial charge in [0.2, 0.25) is 0 Å². The zero-order valence-corrected chi connectivity index (χ0v) is 22.9. The maximum Gasteiger partial charge on any atom is 0.416 e. The van der Waals surface area contributed by atoms with Crippen LogP contribution in [0, 0.1) is 17.1 Å². The van der Waals surface area contributed by atoms with Crippen molar-refractivity contribution in [3.8, 4) is 11.8 Å². The van der Waals surface area contributed by atoms with Gasteiger partial charge >= 0.3 is 6.09 Å². The fourth-order valence-electron chi connectivity index (χ4n) is 4.09. The van der Waals surface area contributed by atoms with Crippen LogP contribution in [0.3, 0.4) is 0 Å². The van der Waals surface area contributed by atoms with Crippen molar-refractivity contribution in [3.05, 3.63) is 71.3 Å². The topological polar surface area (TPSA) is 105 Å². The van der Waals surface area contributed by atoms with Gasteiger partial charge in [0.1, 0.15) is 28.5 Å². The molecule has 0 aliphatic heterocycles. The van der Waals surface area contributed by atoms with Crippen LogP contribution in [-0.2, 0) is 24.8 Å². The minimum atomic E-state index is -0.754. The molecule has 2 aromatic heterocycles. The van der Waals surface area contributed by atoms with Crippen molar-refractivity contribution in [2.45, 2.75) is 46.3 Å². The Morgan fingerprint density at radius 2 is 1.92 bits per heavy atom. The molecular weight excluding hydrogens is 499 g/mol. The molecule has 1 N–H and O–H groups in total. The molecule has 2 heterocycles. The molecule has 9 nitrogen and oxygen atoms in total. The first-order chi connectivity index (χ1) is 18.5. The molecule has 0 aliphatic carbocycles. The number of nitrogens with one attached hydrogen (secondary N) is 1.